The number of hydrogen-bond donors (Lipinski definition) is 2. The number of aromatic amines is 1. The lowest BCUT2D eigenvalue weighted by atomic mass is 9.94. The number of rotatable bonds is 5. The maximum atomic E-state index is 11.6. The lowest BCUT2D eigenvalue weighted by Crippen LogP contribution is -2.28. The van der Waals surface area contributed by atoms with Gasteiger partial charge in [-0.2, -0.15) is 5.10 Å². The highest BCUT2D eigenvalue weighted by Crippen LogP contribution is 2.18. The highest BCUT2D eigenvalue weighted by Gasteiger charge is 2.17. The molecule has 0 aliphatic heterocycles. The van der Waals surface area contributed by atoms with Crippen molar-refractivity contribution in [2.24, 2.45) is 5.41 Å². The molecule has 2 N–H and O–H groups in total. The highest BCUT2D eigenvalue weighted by atomic mass is 32.2. The summed E-state index contributed by atoms with van der Waals surface area (Å²) in [7, 11) is -3.23. The van der Waals surface area contributed by atoms with Crippen molar-refractivity contribution in [2.75, 3.05) is 5.75 Å². The van der Waals surface area contributed by atoms with Crippen LogP contribution in [-0.2, 0) is 16.6 Å². The number of H-pyrrole nitrogens is 1. The van der Waals surface area contributed by atoms with Crippen LogP contribution in [0.2, 0.25) is 0 Å². The molecule has 0 unspecified atom stereocenters. The minimum absolute atomic E-state index is 0.0149. The van der Waals surface area contributed by atoms with E-state index in [1.54, 1.807) is 0 Å². The molecule has 0 saturated heterocycles. The molecular formula is C9H18N4O2S. The van der Waals surface area contributed by atoms with E-state index in [9.17, 15) is 8.42 Å². The molecule has 1 aromatic rings. The summed E-state index contributed by atoms with van der Waals surface area (Å²) in [6.45, 7) is 6.20. The van der Waals surface area contributed by atoms with E-state index in [4.69, 9.17) is 0 Å². The molecule has 0 atom stereocenters. The largest absolute Gasteiger partial charge is 0.262 e. The fourth-order valence-electron chi connectivity index (χ4n) is 1.01. The molecule has 1 aromatic heterocycles. The van der Waals surface area contributed by atoms with Crippen molar-refractivity contribution >= 4 is 10.0 Å². The van der Waals surface area contributed by atoms with E-state index in [0.29, 0.717) is 12.2 Å². The predicted octanol–water partition coefficient (Wildman–Crippen LogP) is 0.660. The van der Waals surface area contributed by atoms with Crippen molar-refractivity contribution in [3.63, 3.8) is 0 Å². The van der Waals surface area contributed by atoms with Gasteiger partial charge in [-0.1, -0.05) is 20.8 Å². The zero-order valence-electron chi connectivity index (χ0n) is 9.82. The van der Waals surface area contributed by atoms with Crippen LogP contribution in [0, 0.1) is 5.41 Å². The Morgan fingerprint density at radius 3 is 2.62 bits per heavy atom. The summed E-state index contributed by atoms with van der Waals surface area (Å²) in [6, 6.07) is 0. The van der Waals surface area contributed by atoms with E-state index in [1.807, 2.05) is 20.8 Å². The van der Waals surface area contributed by atoms with E-state index in [0.717, 1.165) is 0 Å². The van der Waals surface area contributed by atoms with Crippen LogP contribution in [-0.4, -0.2) is 29.4 Å². The number of nitrogens with zero attached hydrogens (tertiary/aromatic N) is 2. The molecule has 0 radical (unpaired) electrons. The Morgan fingerprint density at radius 1 is 1.44 bits per heavy atom. The van der Waals surface area contributed by atoms with Crippen LogP contribution in [0.15, 0.2) is 6.33 Å². The van der Waals surface area contributed by atoms with Crippen LogP contribution >= 0.6 is 0 Å². The van der Waals surface area contributed by atoms with E-state index in [-0.39, 0.29) is 17.7 Å². The van der Waals surface area contributed by atoms with Gasteiger partial charge in [-0.3, -0.25) is 5.10 Å². The van der Waals surface area contributed by atoms with E-state index in [1.165, 1.54) is 6.33 Å². The fourth-order valence-corrected chi connectivity index (χ4v) is 2.39. The monoisotopic (exact) mass is 246 g/mol. The van der Waals surface area contributed by atoms with Gasteiger partial charge in [0.05, 0.1) is 12.3 Å². The Kier molecular flexibility index (Phi) is 4.03. The maximum absolute atomic E-state index is 11.6. The minimum Gasteiger partial charge on any atom is -0.262 e. The minimum atomic E-state index is -3.23. The van der Waals surface area contributed by atoms with Gasteiger partial charge in [-0.25, -0.2) is 18.1 Å². The molecule has 6 nitrogen and oxygen atoms in total. The van der Waals surface area contributed by atoms with Gasteiger partial charge in [0.1, 0.15) is 12.2 Å². The third-order valence-corrected chi connectivity index (χ3v) is 3.37. The number of nitrogens with one attached hydrogen (secondary N) is 2. The number of sulfonamides is 1. The summed E-state index contributed by atoms with van der Waals surface area (Å²) in [5.74, 6) is 0.643. The topological polar surface area (TPSA) is 87.7 Å². The molecule has 7 heteroatoms. The van der Waals surface area contributed by atoms with Gasteiger partial charge in [0.2, 0.25) is 10.0 Å². The van der Waals surface area contributed by atoms with Crippen molar-refractivity contribution in [3.05, 3.63) is 12.2 Å². The second-order valence-electron chi connectivity index (χ2n) is 4.88. The first kappa shape index (κ1) is 13.1. The first-order chi connectivity index (χ1) is 7.29. The third kappa shape index (κ3) is 5.22. The Morgan fingerprint density at radius 2 is 2.12 bits per heavy atom. The summed E-state index contributed by atoms with van der Waals surface area (Å²) in [5, 5.41) is 6.23. The van der Waals surface area contributed by atoms with Gasteiger partial charge >= 0.3 is 0 Å². The van der Waals surface area contributed by atoms with Crippen molar-refractivity contribution in [2.45, 2.75) is 33.7 Å². The predicted molar refractivity (Wildman–Crippen MR) is 61.1 cm³/mol. The highest BCUT2D eigenvalue weighted by molar-refractivity contribution is 7.89. The van der Waals surface area contributed by atoms with E-state index in [2.05, 4.69) is 19.9 Å². The van der Waals surface area contributed by atoms with Crippen LogP contribution in [0.25, 0.3) is 0 Å². The smallest absolute Gasteiger partial charge is 0.212 e. The first-order valence-electron chi connectivity index (χ1n) is 5.10. The average Bonchev–Trinajstić information content (AvgIpc) is 2.64. The normalized spacial score (nSPS) is 12.9. The molecule has 92 valence electrons. The lowest BCUT2D eigenvalue weighted by Gasteiger charge is -2.17. The molecule has 0 fully saturated rings. The second-order valence-corrected chi connectivity index (χ2v) is 6.81. The quantitative estimate of drug-likeness (QED) is 0.799. The van der Waals surface area contributed by atoms with Gasteiger partial charge in [-0.15, -0.1) is 0 Å². The summed E-state index contributed by atoms with van der Waals surface area (Å²) in [6.07, 6.45) is 1.97. The molecule has 0 spiro atoms. The van der Waals surface area contributed by atoms with Crippen LogP contribution < -0.4 is 4.72 Å². The molecule has 1 rings (SSSR count). The first-order valence-corrected chi connectivity index (χ1v) is 6.75. The zero-order chi connectivity index (χ0) is 12.2. The zero-order valence-corrected chi connectivity index (χ0v) is 10.6. The van der Waals surface area contributed by atoms with E-state index < -0.39 is 10.0 Å². The molecular weight excluding hydrogens is 228 g/mol. The molecule has 0 aliphatic rings. The lowest BCUT2D eigenvalue weighted by molar-refractivity contribution is 0.396. The molecule has 0 aliphatic carbocycles. The summed E-state index contributed by atoms with van der Waals surface area (Å²) >= 11 is 0. The summed E-state index contributed by atoms with van der Waals surface area (Å²) in [5.41, 5.74) is 0.0149. The Hall–Kier alpha value is -0.950. The van der Waals surface area contributed by atoms with Gasteiger partial charge in [0.15, 0.2) is 0 Å². The maximum Gasteiger partial charge on any atom is 0.212 e. The van der Waals surface area contributed by atoms with Crippen molar-refractivity contribution in [1.82, 2.24) is 19.9 Å². The SMILES string of the molecule is CC(C)(C)CCS(=O)(=O)NCc1ncn[nH]1. The second kappa shape index (κ2) is 4.92. The Balaban J connectivity index is 2.41. The van der Waals surface area contributed by atoms with Crippen molar-refractivity contribution in [3.8, 4) is 0 Å². The van der Waals surface area contributed by atoms with Crippen LogP contribution in [0.4, 0.5) is 0 Å². The standard InChI is InChI=1S/C9H18N4O2S/c1-9(2,3)4-5-16(14,15)12-6-8-10-7-11-13-8/h7,12H,4-6H2,1-3H3,(H,10,11,13). The summed E-state index contributed by atoms with van der Waals surface area (Å²) < 4.78 is 25.7. The molecule has 16 heavy (non-hydrogen) atoms. The molecule has 1 heterocycles. The molecule has 0 saturated carbocycles. The average molecular weight is 246 g/mol. The fraction of sp³-hybridized carbons (Fsp3) is 0.778. The molecule has 0 bridgehead atoms. The van der Waals surface area contributed by atoms with Crippen LogP contribution in [0.3, 0.4) is 0 Å². The van der Waals surface area contributed by atoms with Gasteiger partial charge in [0.25, 0.3) is 0 Å². The Bertz CT molecular complexity index is 405. The van der Waals surface area contributed by atoms with Gasteiger partial charge < -0.3 is 0 Å². The number of hydrogen-bond acceptors (Lipinski definition) is 4. The molecule has 0 amide bonds. The van der Waals surface area contributed by atoms with Crippen LogP contribution in [0.1, 0.15) is 33.0 Å². The summed E-state index contributed by atoms with van der Waals surface area (Å²) in [4.78, 5) is 3.83. The van der Waals surface area contributed by atoms with Crippen molar-refractivity contribution < 1.29 is 8.42 Å². The van der Waals surface area contributed by atoms with Crippen LogP contribution in [0.5, 0.6) is 0 Å². The molecule has 0 aromatic carbocycles. The van der Waals surface area contributed by atoms with Crippen molar-refractivity contribution in [1.29, 1.82) is 0 Å². The Labute approximate surface area is 95.9 Å². The third-order valence-electron chi connectivity index (χ3n) is 2.05. The van der Waals surface area contributed by atoms with Gasteiger partial charge in [0, 0.05) is 0 Å². The van der Waals surface area contributed by atoms with E-state index >= 15 is 0 Å². The number of aromatic nitrogens is 3. The van der Waals surface area contributed by atoms with Gasteiger partial charge in [-0.05, 0) is 11.8 Å².